The van der Waals surface area contributed by atoms with Crippen LogP contribution in [0.3, 0.4) is 0 Å². The Morgan fingerprint density at radius 2 is 2.67 bits per heavy atom. The van der Waals surface area contributed by atoms with Crippen molar-refractivity contribution < 1.29 is 18.8 Å². The first-order valence-electron chi connectivity index (χ1n) is 6.14. The van der Waals surface area contributed by atoms with Gasteiger partial charge in [-0.25, -0.2) is 0 Å². The van der Waals surface area contributed by atoms with E-state index in [1.807, 2.05) is 0 Å². The Hall–Kier alpha value is -0.0800. The smallest absolute Gasteiger partial charge is 0.0577 e. The summed E-state index contributed by atoms with van der Waals surface area (Å²) in [5, 5.41) is 8.86. The van der Waals surface area contributed by atoms with Gasteiger partial charge in [0.1, 0.15) is 0 Å². The minimum Gasteiger partial charge on any atom is -0.395 e. The molecule has 0 saturated carbocycles. The van der Waals surface area contributed by atoms with Crippen molar-refractivity contribution in [3.05, 3.63) is 0 Å². The average molecular weight is 99.2 g/mol. The van der Waals surface area contributed by atoms with Crippen molar-refractivity contribution in [1.82, 2.24) is 4.90 Å². The summed E-state index contributed by atoms with van der Waals surface area (Å²) < 4.78 is 68.8. The Bertz CT molecular complexity index is 233. The van der Waals surface area contributed by atoms with Gasteiger partial charge in [0, 0.05) is 17.5 Å². The molecule has 0 atom stereocenters. The zero-order chi connectivity index (χ0) is 13.6. The zero-order valence-corrected chi connectivity index (χ0v) is 2.89. The predicted octanol–water partition coefficient (Wildman–Crippen LogP) is -0.460. The lowest BCUT2D eigenvalue weighted by molar-refractivity contribution is 0.243. The van der Waals surface area contributed by atoms with E-state index in [0.29, 0.717) is 0 Å². The molecule has 0 radical (unpaired) electrons. The predicted molar refractivity (Wildman–Crippen MR) is 25.6 cm³/mol. The lowest BCUT2D eigenvalue weighted by atomic mass is 10.6. The first-order valence-corrected chi connectivity index (χ1v) is 1.14. The van der Waals surface area contributed by atoms with Crippen LogP contribution in [0.1, 0.15) is 13.7 Å². The van der Waals surface area contributed by atoms with Gasteiger partial charge in [-0.05, 0) is 14.0 Å². The fourth-order valence-corrected chi connectivity index (χ4v) is 0.0500. The van der Waals surface area contributed by atoms with Crippen molar-refractivity contribution in [1.29, 1.82) is 0 Å². The van der Waals surface area contributed by atoms with Gasteiger partial charge in [-0.2, -0.15) is 0 Å². The second kappa shape index (κ2) is 3.12. The molecule has 0 aliphatic carbocycles. The summed E-state index contributed by atoms with van der Waals surface area (Å²) in [6, 6.07) is 0. The maximum Gasteiger partial charge on any atom is 0.0577 e. The number of hydrogen-bond donors (Lipinski definition) is 1. The highest BCUT2D eigenvalue weighted by atomic mass is 16.3. The number of nitrogens with zero attached hydrogens (tertiary/aromatic N) is 1. The van der Waals surface area contributed by atoms with Crippen molar-refractivity contribution >= 4 is 0 Å². The molecule has 0 unspecified atom stereocenters. The van der Waals surface area contributed by atoms with Crippen LogP contribution in [0.25, 0.3) is 0 Å². The molecule has 0 fully saturated rings. The first-order chi connectivity index (χ1) is 6.62. The van der Waals surface area contributed by atoms with Gasteiger partial charge in [0.05, 0.1) is 9.30 Å². The molecule has 0 bridgehead atoms. The van der Waals surface area contributed by atoms with Gasteiger partial charge >= 0.3 is 0 Å². The Morgan fingerprint density at radius 1 is 2.00 bits per heavy atom. The van der Waals surface area contributed by atoms with Gasteiger partial charge in [-0.3, -0.25) is 0 Å². The number of rotatable bonds is 2. The lowest BCUT2D eigenvalue weighted by Crippen LogP contribution is -2.15. The summed E-state index contributed by atoms with van der Waals surface area (Å²) in [7, 11) is 0. The molecule has 2 nitrogen and oxygen atoms in total. The fourth-order valence-electron chi connectivity index (χ4n) is 0.0500. The quantitative estimate of drug-likeness (QED) is 0.506. The van der Waals surface area contributed by atoms with Gasteiger partial charge in [-0.15, -0.1) is 0 Å². The molecule has 0 spiro atoms. The topological polar surface area (TPSA) is 23.5 Å². The molecule has 0 aliphatic heterocycles. The Kier molecular flexibility index (Phi) is 0.335. The SMILES string of the molecule is [2H]C([2H])([2H])N(C([2H])([2H])[2H])C([2H])([2H])C([2H])([2H])O. The van der Waals surface area contributed by atoms with Crippen LogP contribution < -0.4 is 0 Å². The Morgan fingerprint density at radius 3 is 2.83 bits per heavy atom. The van der Waals surface area contributed by atoms with Crippen molar-refractivity contribution in [2.75, 3.05) is 27.0 Å². The van der Waals surface area contributed by atoms with E-state index in [0.717, 1.165) is 0 Å². The summed E-state index contributed by atoms with van der Waals surface area (Å²) in [5.41, 5.74) is 0. The average Bonchev–Trinajstić information content (AvgIpc) is 1.72. The van der Waals surface area contributed by atoms with Crippen molar-refractivity contribution in [3.63, 3.8) is 0 Å². The second-order valence-corrected chi connectivity index (χ2v) is 0.559. The van der Waals surface area contributed by atoms with Crippen LogP contribution in [-0.4, -0.2) is 37.0 Å². The van der Waals surface area contributed by atoms with Gasteiger partial charge in [-0.1, -0.05) is 0 Å². The minimum absolute atomic E-state index is 0.646. The molecule has 38 valence electrons. The van der Waals surface area contributed by atoms with E-state index in [1.54, 1.807) is 0 Å². The lowest BCUT2D eigenvalue weighted by Gasteiger charge is -2.03. The number of hydrogen-bond acceptors (Lipinski definition) is 2. The van der Waals surface area contributed by atoms with E-state index in [2.05, 4.69) is 0 Å². The van der Waals surface area contributed by atoms with E-state index < -0.39 is 31.9 Å². The van der Waals surface area contributed by atoms with Crippen LogP contribution in [0.4, 0.5) is 0 Å². The standard InChI is InChI=1S/C4H11NO/c1-5(2)3-4-6/h6H,3-4H2,1-2H3/i1D3,2D3,3D2,4D2. The fraction of sp³-hybridized carbons (Fsp3) is 1.00. The summed E-state index contributed by atoms with van der Waals surface area (Å²) in [5.74, 6) is 0. The molecular weight excluding hydrogens is 78.0 g/mol. The summed E-state index contributed by atoms with van der Waals surface area (Å²) in [4.78, 5) is -0.646. The molecule has 0 amide bonds. The molecule has 0 aliphatic rings. The van der Waals surface area contributed by atoms with Gasteiger partial charge in [0.15, 0.2) is 0 Å². The van der Waals surface area contributed by atoms with E-state index in [1.165, 1.54) is 0 Å². The van der Waals surface area contributed by atoms with Crippen molar-refractivity contribution in [3.8, 4) is 0 Å². The molecule has 0 aromatic heterocycles. The van der Waals surface area contributed by atoms with Crippen LogP contribution >= 0.6 is 0 Å². The van der Waals surface area contributed by atoms with E-state index in [4.69, 9.17) is 18.8 Å². The molecule has 0 aromatic carbocycles. The van der Waals surface area contributed by atoms with Crippen LogP contribution in [0.5, 0.6) is 0 Å². The van der Waals surface area contributed by atoms with E-state index in [9.17, 15) is 0 Å². The van der Waals surface area contributed by atoms with E-state index >= 15 is 0 Å². The molecular formula is C4H11NO. The molecule has 1 N–H and O–H groups in total. The molecule has 0 aromatic rings. The monoisotopic (exact) mass is 99.1 g/mol. The summed E-state index contributed by atoms with van der Waals surface area (Å²) in [6.45, 7) is -14.0. The number of likely N-dealkylation sites (N-methyl/N-ethyl adjacent to an activating group) is 1. The summed E-state index contributed by atoms with van der Waals surface area (Å²) in [6.07, 6.45) is 0. The highest BCUT2D eigenvalue weighted by Crippen LogP contribution is 1.66. The third-order valence-electron chi connectivity index (χ3n) is 0.162. The highest BCUT2D eigenvalue weighted by Gasteiger charge is 1.80. The molecule has 6 heavy (non-hydrogen) atoms. The Labute approximate surface area is 52.4 Å². The molecule has 0 heterocycles. The van der Waals surface area contributed by atoms with E-state index in [-0.39, 0.29) is 0 Å². The normalized spacial score (nSPS) is 43.7. The van der Waals surface area contributed by atoms with Crippen LogP contribution in [-0.2, 0) is 0 Å². The first kappa shape index (κ1) is 0.644. The number of aliphatic hydroxyl groups is 1. The maximum absolute atomic E-state index is 8.86. The van der Waals surface area contributed by atoms with Gasteiger partial charge in [0.25, 0.3) is 0 Å². The maximum atomic E-state index is 8.86. The largest absolute Gasteiger partial charge is 0.395 e. The van der Waals surface area contributed by atoms with Gasteiger partial charge < -0.3 is 10.0 Å². The summed E-state index contributed by atoms with van der Waals surface area (Å²) >= 11 is 0. The van der Waals surface area contributed by atoms with Crippen LogP contribution in [0, 0.1) is 0 Å². The third-order valence-corrected chi connectivity index (χ3v) is 0.162. The zero-order valence-electron chi connectivity index (χ0n) is 12.9. The van der Waals surface area contributed by atoms with Crippen LogP contribution in [0.2, 0.25) is 0 Å². The van der Waals surface area contributed by atoms with Crippen molar-refractivity contribution in [2.24, 2.45) is 0 Å². The third kappa shape index (κ3) is 3.92. The Balaban J connectivity index is 5.57. The molecule has 0 saturated heterocycles. The van der Waals surface area contributed by atoms with Gasteiger partial charge in [0.2, 0.25) is 0 Å². The minimum atomic E-state index is -3.63. The molecule has 0 rings (SSSR count). The van der Waals surface area contributed by atoms with Crippen LogP contribution in [0.15, 0.2) is 0 Å². The second-order valence-electron chi connectivity index (χ2n) is 0.559. The molecule has 2 heteroatoms. The van der Waals surface area contributed by atoms with Crippen molar-refractivity contribution in [2.45, 2.75) is 0 Å². The highest BCUT2D eigenvalue weighted by molar-refractivity contribution is 4.34.